The standard InChI is InChI=1S/C19H20N2O2/c1-2-23-12-6-11-21-19(22)17(14-20)13-16-9-5-8-15-7-3-4-10-18(15)16/h3-5,7-10,13H,2,6,11-12H2,1H3,(H,21,22). The lowest BCUT2D eigenvalue weighted by atomic mass is 10.0. The van der Waals surface area contributed by atoms with Gasteiger partial charge in [0, 0.05) is 19.8 Å². The molecule has 0 aliphatic rings. The number of fused-ring (bicyclic) bond motifs is 1. The van der Waals surface area contributed by atoms with Gasteiger partial charge in [-0.25, -0.2) is 0 Å². The summed E-state index contributed by atoms with van der Waals surface area (Å²) in [5.41, 5.74) is 0.974. The van der Waals surface area contributed by atoms with Crippen LogP contribution in [0.4, 0.5) is 0 Å². The molecule has 23 heavy (non-hydrogen) atoms. The van der Waals surface area contributed by atoms with E-state index < -0.39 is 0 Å². The summed E-state index contributed by atoms with van der Waals surface area (Å²) in [6.45, 7) is 3.69. The smallest absolute Gasteiger partial charge is 0.261 e. The molecule has 2 aromatic carbocycles. The molecule has 0 saturated carbocycles. The normalized spacial score (nSPS) is 11.2. The van der Waals surface area contributed by atoms with Crippen LogP contribution in [0.3, 0.4) is 0 Å². The van der Waals surface area contributed by atoms with Crippen molar-refractivity contribution < 1.29 is 9.53 Å². The fourth-order valence-electron chi connectivity index (χ4n) is 2.30. The van der Waals surface area contributed by atoms with Gasteiger partial charge in [0.1, 0.15) is 11.6 Å². The second-order valence-corrected chi connectivity index (χ2v) is 5.04. The minimum atomic E-state index is -0.350. The van der Waals surface area contributed by atoms with E-state index in [1.165, 1.54) is 0 Å². The molecule has 0 aliphatic heterocycles. The van der Waals surface area contributed by atoms with Crippen molar-refractivity contribution in [2.75, 3.05) is 19.8 Å². The highest BCUT2D eigenvalue weighted by Crippen LogP contribution is 2.20. The third-order valence-corrected chi connectivity index (χ3v) is 3.44. The molecule has 1 amide bonds. The molecule has 4 nitrogen and oxygen atoms in total. The lowest BCUT2D eigenvalue weighted by Gasteiger charge is -2.06. The Morgan fingerprint density at radius 2 is 2.04 bits per heavy atom. The van der Waals surface area contributed by atoms with Gasteiger partial charge in [-0.15, -0.1) is 0 Å². The summed E-state index contributed by atoms with van der Waals surface area (Å²) in [6, 6.07) is 15.7. The number of carbonyl (C=O) groups excluding carboxylic acids is 1. The monoisotopic (exact) mass is 308 g/mol. The van der Waals surface area contributed by atoms with Crippen LogP contribution in [0.15, 0.2) is 48.0 Å². The van der Waals surface area contributed by atoms with Crippen LogP contribution in [-0.2, 0) is 9.53 Å². The zero-order chi connectivity index (χ0) is 16.5. The first kappa shape index (κ1) is 16.7. The molecule has 0 bridgehead atoms. The van der Waals surface area contributed by atoms with Crippen LogP contribution >= 0.6 is 0 Å². The molecular formula is C19H20N2O2. The van der Waals surface area contributed by atoms with Crippen molar-refractivity contribution in [1.29, 1.82) is 5.26 Å². The molecule has 0 aromatic heterocycles. The highest BCUT2D eigenvalue weighted by Gasteiger charge is 2.09. The van der Waals surface area contributed by atoms with Crippen LogP contribution in [0, 0.1) is 11.3 Å². The lowest BCUT2D eigenvalue weighted by molar-refractivity contribution is -0.117. The van der Waals surface area contributed by atoms with E-state index in [2.05, 4.69) is 5.32 Å². The molecule has 4 heteroatoms. The number of nitrogens with zero attached hydrogens (tertiary/aromatic N) is 1. The molecule has 2 rings (SSSR count). The Labute approximate surface area is 136 Å². The molecule has 0 heterocycles. The van der Waals surface area contributed by atoms with Gasteiger partial charge in [0.15, 0.2) is 0 Å². The summed E-state index contributed by atoms with van der Waals surface area (Å²) >= 11 is 0. The van der Waals surface area contributed by atoms with E-state index in [0.717, 1.165) is 22.8 Å². The molecule has 0 saturated heterocycles. The third-order valence-electron chi connectivity index (χ3n) is 3.44. The van der Waals surface area contributed by atoms with Crippen molar-refractivity contribution in [1.82, 2.24) is 5.32 Å². The Hall–Kier alpha value is -2.64. The van der Waals surface area contributed by atoms with Crippen molar-refractivity contribution in [2.45, 2.75) is 13.3 Å². The Morgan fingerprint density at radius 3 is 2.83 bits per heavy atom. The first-order valence-electron chi connectivity index (χ1n) is 7.71. The largest absolute Gasteiger partial charge is 0.382 e. The molecule has 0 unspecified atom stereocenters. The van der Waals surface area contributed by atoms with Gasteiger partial charge >= 0.3 is 0 Å². The number of ether oxygens (including phenoxy) is 1. The molecule has 2 aromatic rings. The summed E-state index contributed by atoms with van der Waals surface area (Å²) in [4.78, 5) is 12.1. The molecule has 0 aliphatic carbocycles. The number of nitrogens with one attached hydrogen (secondary N) is 1. The maximum atomic E-state index is 12.1. The fraction of sp³-hybridized carbons (Fsp3) is 0.263. The molecular weight excluding hydrogens is 288 g/mol. The number of hydrogen-bond donors (Lipinski definition) is 1. The maximum Gasteiger partial charge on any atom is 0.261 e. The minimum Gasteiger partial charge on any atom is -0.382 e. The van der Waals surface area contributed by atoms with E-state index in [4.69, 9.17) is 4.74 Å². The van der Waals surface area contributed by atoms with E-state index >= 15 is 0 Å². The summed E-state index contributed by atoms with van der Waals surface area (Å²) in [7, 11) is 0. The highest BCUT2D eigenvalue weighted by molar-refractivity contribution is 6.04. The molecule has 1 N–H and O–H groups in total. The van der Waals surface area contributed by atoms with Gasteiger partial charge in [0.05, 0.1) is 0 Å². The number of hydrogen-bond acceptors (Lipinski definition) is 3. The Balaban J connectivity index is 2.11. The predicted molar refractivity (Wildman–Crippen MR) is 91.7 cm³/mol. The van der Waals surface area contributed by atoms with Crippen molar-refractivity contribution in [3.05, 3.63) is 53.6 Å². The first-order chi connectivity index (χ1) is 11.3. The van der Waals surface area contributed by atoms with Crippen LogP contribution in [0.25, 0.3) is 16.8 Å². The van der Waals surface area contributed by atoms with E-state index in [9.17, 15) is 10.1 Å². The van der Waals surface area contributed by atoms with Gasteiger partial charge in [-0.05, 0) is 35.8 Å². The Bertz CT molecular complexity index is 739. The Morgan fingerprint density at radius 1 is 1.26 bits per heavy atom. The number of benzene rings is 2. The van der Waals surface area contributed by atoms with Crippen LogP contribution in [0.5, 0.6) is 0 Å². The third kappa shape index (κ3) is 4.67. The maximum absolute atomic E-state index is 12.1. The van der Waals surface area contributed by atoms with Gasteiger partial charge in [-0.2, -0.15) is 5.26 Å². The van der Waals surface area contributed by atoms with Gasteiger partial charge in [0.2, 0.25) is 0 Å². The van der Waals surface area contributed by atoms with Crippen LogP contribution in [0.2, 0.25) is 0 Å². The van der Waals surface area contributed by atoms with E-state index in [0.29, 0.717) is 19.8 Å². The number of amides is 1. The van der Waals surface area contributed by atoms with Crippen LogP contribution in [0.1, 0.15) is 18.9 Å². The fourth-order valence-corrected chi connectivity index (χ4v) is 2.30. The van der Waals surface area contributed by atoms with Crippen molar-refractivity contribution in [2.24, 2.45) is 0 Å². The summed E-state index contributed by atoms with van der Waals surface area (Å²) < 4.78 is 5.22. The second-order valence-electron chi connectivity index (χ2n) is 5.04. The average molecular weight is 308 g/mol. The Kier molecular flexibility index (Phi) is 6.34. The molecule has 0 atom stereocenters. The summed E-state index contributed by atoms with van der Waals surface area (Å²) in [5, 5.41) is 14.1. The average Bonchev–Trinajstić information content (AvgIpc) is 2.59. The summed E-state index contributed by atoms with van der Waals surface area (Å²) in [5.74, 6) is -0.350. The molecule has 0 fully saturated rings. The topological polar surface area (TPSA) is 62.1 Å². The van der Waals surface area contributed by atoms with Gasteiger partial charge in [0.25, 0.3) is 5.91 Å². The zero-order valence-corrected chi connectivity index (χ0v) is 13.2. The number of nitriles is 1. The van der Waals surface area contributed by atoms with Crippen LogP contribution < -0.4 is 5.32 Å². The summed E-state index contributed by atoms with van der Waals surface area (Å²) in [6.07, 6.45) is 2.37. The van der Waals surface area contributed by atoms with Gasteiger partial charge in [-0.1, -0.05) is 42.5 Å². The van der Waals surface area contributed by atoms with E-state index in [1.807, 2.05) is 55.5 Å². The predicted octanol–water partition coefficient (Wildman–Crippen LogP) is 3.29. The number of rotatable bonds is 7. The zero-order valence-electron chi connectivity index (χ0n) is 13.2. The van der Waals surface area contributed by atoms with E-state index in [-0.39, 0.29) is 11.5 Å². The molecule has 0 spiro atoms. The molecule has 0 radical (unpaired) electrons. The van der Waals surface area contributed by atoms with Crippen LogP contribution in [-0.4, -0.2) is 25.7 Å². The van der Waals surface area contributed by atoms with Gasteiger partial charge < -0.3 is 10.1 Å². The van der Waals surface area contributed by atoms with Crippen molar-refractivity contribution in [3.8, 4) is 6.07 Å². The van der Waals surface area contributed by atoms with E-state index in [1.54, 1.807) is 6.08 Å². The number of carbonyl (C=O) groups is 1. The second kappa shape index (κ2) is 8.72. The molecule has 118 valence electrons. The first-order valence-corrected chi connectivity index (χ1v) is 7.71. The van der Waals surface area contributed by atoms with Gasteiger partial charge in [-0.3, -0.25) is 4.79 Å². The highest BCUT2D eigenvalue weighted by atomic mass is 16.5. The quantitative estimate of drug-likeness (QED) is 0.485. The van der Waals surface area contributed by atoms with Crippen molar-refractivity contribution in [3.63, 3.8) is 0 Å². The lowest BCUT2D eigenvalue weighted by Crippen LogP contribution is -2.26. The van der Waals surface area contributed by atoms with Crippen molar-refractivity contribution >= 4 is 22.8 Å². The minimum absolute atomic E-state index is 0.109. The SMILES string of the molecule is CCOCCCNC(=O)C(C#N)=Cc1cccc2ccccc12.